The lowest BCUT2D eigenvalue weighted by Crippen LogP contribution is -2.33. The van der Waals surface area contributed by atoms with Crippen LogP contribution in [0.4, 0.5) is 0 Å². The molecule has 0 saturated carbocycles. The summed E-state index contributed by atoms with van der Waals surface area (Å²) in [5.74, 6) is 1.28. The number of nitrogens with one attached hydrogen (secondary N) is 1. The number of amides is 1. The summed E-state index contributed by atoms with van der Waals surface area (Å²) in [6.45, 7) is 3.67. The predicted octanol–water partition coefficient (Wildman–Crippen LogP) is 1.72. The zero-order valence-electron chi connectivity index (χ0n) is 13.2. The number of hydrogen-bond donors (Lipinski definition) is 2. The van der Waals surface area contributed by atoms with Gasteiger partial charge in [0.25, 0.3) is 0 Å². The summed E-state index contributed by atoms with van der Waals surface area (Å²) in [5.41, 5.74) is 7.53. The molecule has 4 heteroatoms. The van der Waals surface area contributed by atoms with Crippen molar-refractivity contribution in [3.8, 4) is 0 Å². The Morgan fingerprint density at radius 3 is 2.64 bits per heavy atom. The Labute approximate surface area is 133 Å². The quantitative estimate of drug-likeness (QED) is 0.890. The van der Waals surface area contributed by atoms with Crippen molar-refractivity contribution in [1.82, 2.24) is 10.2 Å². The molecule has 22 heavy (non-hydrogen) atoms. The molecule has 2 saturated heterocycles. The maximum atomic E-state index is 12.5. The normalized spacial score (nSPS) is 26.3. The van der Waals surface area contributed by atoms with Gasteiger partial charge in [-0.2, -0.15) is 0 Å². The van der Waals surface area contributed by atoms with Crippen molar-refractivity contribution < 1.29 is 4.79 Å². The minimum Gasteiger partial charge on any atom is -0.340 e. The molecule has 1 amide bonds. The van der Waals surface area contributed by atoms with Crippen LogP contribution in [0.15, 0.2) is 30.3 Å². The molecule has 3 N–H and O–H groups in total. The Hall–Kier alpha value is -1.39. The zero-order chi connectivity index (χ0) is 15.4. The lowest BCUT2D eigenvalue weighted by molar-refractivity contribution is -0.130. The van der Waals surface area contributed by atoms with Crippen molar-refractivity contribution in [2.75, 3.05) is 26.2 Å². The molecular weight excluding hydrogens is 274 g/mol. The number of carbonyl (C=O) groups is 1. The second kappa shape index (κ2) is 7.25. The van der Waals surface area contributed by atoms with E-state index in [2.05, 4.69) is 17.4 Å². The number of hydrogen-bond acceptors (Lipinski definition) is 3. The van der Waals surface area contributed by atoms with Gasteiger partial charge in [-0.15, -0.1) is 0 Å². The largest absolute Gasteiger partial charge is 0.340 e. The fraction of sp³-hybridized carbons (Fsp3) is 0.611. The fourth-order valence-electron chi connectivity index (χ4n) is 3.74. The monoisotopic (exact) mass is 301 g/mol. The molecule has 2 atom stereocenters. The third-order valence-corrected chi connectivity index (χ3v) is 5.17. The van der Waals surface area contributed by atoms with Crippen LogP contribution in [0.1, 0.15) is 37.2 Å². The van der Waals surface area contributed by atoms with Crippen LogP contribution in [0, 0.1) is 5.92 Å². The number of likely N-dealkylation sites (tertiary alicyclic amines) is 1. The lowest BCUT2D eigenvalue weighted by Gasteiger charge is -2.23. The van der Waals surface area contributed by atoms with E-state index in [1.54, 1.807) is 0 Å². The Kier molecular flexibility index (Phi) is 5.11. The molecule has 2 heterocycles. The van der Waals surface area contributed by atoms with E-state index < -0.39 is 0 Å². The number of benzene rings is 1. The van der Waals surface area contributed by atoms with Crippen LogP contribution in [0.25, 0.3) is 0 Å². The molecule has 2 fully saturated rings. The van der Waals surface area contributed by atoms with Gasteiger partial charge in [0.05, 0.1) is 0 Å². The van der Waals surface area contributed by atoms with Gasteiger partial charge in [0.1, 0.15) is 0 Å². The lowest BCUT2D eigenvalue weighted by atomic mass is 9.93. The smallest absolute Gasteiger partial charge is 0.222 e. The van der Waals surface area contributed by atoms with Crippen molar-refractivity contribution in [3.63, 3.8) is 0 Å². The average molecular weight is 301 g/mol. The van der Waals surface area contributed by atoms with Crippen LogP contribution in [-0.4, -0.2) is 43.0 Å². The summed E-state index contributed by atoms with van der Waals surface area (Å²) in [6, 6.07) is 10.4. The van der Waals surface area contributed by atoms with E-state index in [1.165, 1.54) is 18.4 Å². The first-order chi connectivity index (χ1) is 10.7. The summed E-state index contributed by atoms with van der Waals surface area (Å²) in [6.07, 6.45) is 4.13. The van der Waals surface area contributed by atoms with E-state index >= 15 is 0 Å². The van der Waals surface area contributed by atoms with E-state index in [0.717, 1.165) is 26.1 Å². The molecule has 0 aliphatic carbocycles. The predicted molar refractivity (Wildman–Crippen MR) is 88.6 cm³/mol. The topological polar surface area (TPSA) is 58.4 Å². The maximum Gasteiger partial charge on any atom is 0.222 e. The zero-order valence-corrected chi connectivity index (χ0v) is 13.2. The van der Waals surface area contributed by atoms with Crippen LogP contribution >= 0.6 is 0 Å². The Morgan fingerprint density at radius 2 is 1.91 bits per heavy atom. The first-order valence-electron chi connectivity index (χ1n) is 8.53. The van der Waals surface area contributed by atoms with Crippen molar-refractivity contribution in [2.45, 2.75) is 37.6 Å². The van der Waals surface area contributed by atoms with Gasteiger partial charge in [-0.05, 0) is 43.8 Å². The van der Waals surface area contributed by atoms with Gasteiger partial charge < -0.3 is 16.0 Å². The number of carbonyl (C=O) groups excluding carboxylic acids is 1. The average Bonchev–Trinajstić information content (AvgIpc) is 2.96. The minimum atomic E-state index is 0.0604. The second-order valence-corrected chi connectivity index (χ2v) is 6.71. The first-order valence-corrected chi connectivity index (χ1v) is 8.53. The number of rotatable bonds is 4. The van der Waals surface area contributed by atoms with Crippen molar-refractivity contribution in [2.24, 2.45) is 11.7 Å². The summed E-state index contributed by atoms with van der Waals surface area (Å²) in [4.78, 5) is 14.4. The highest BCUT2D eigenvalue weighted by atomic mass is 16.2. The van der Waals surface area contributed by atoms with Gasteiger partial charge in [-0.25, -0.2) is 0 Å². The van der Waals surface area contributed by atoms with Gasteiger partial charge in [-0.1, -0.05) is 30.3 Å². The molecule has 0 bridgehead atoms. The van der Waals surface area contributed by atoms with Crippen molar-refractivity contribution in [3.05, 3.63) is 35.9 Å². The van der Waals surface area contributed by atoms with Crippen LogP contribution in [-0.2, 0) is 4.79 Å². The highest BCUT2D eigenvalue weighted by Crippen LogP contribution is 2.27. The number of piperidine rings is 1. The van der Waals surface area contributed by atoms with E-state index in [9.17, 15) is 4.79 Å². The second-order valence-electron chi connectivity index (χ2n) is 6.71. The molecule has 1 aromatic carbocycles. The van der Waals surface area contributed by atoms with Crippen LogP contribution in [0.2, 0.25) is 0 Å². The third kappa shape index (κ3) is 3.68. The highest BCUT2D eigenvalue weighted by molar-refractivity contribution is 5.76. The Bertz CT molecular complexity index is 484. The molecule has 1 aromatic rings. The van der Waals surface area contributed by atoms with Crippen molar-refractivity contribution >= 4 is 5.91 Å². The van der Waals surface area contributed by atoms with E-state index in [4.69, 9.17) is 5.73 Å². The molecule has 0 unspecified atom stereocenters. The highest BCUT2D eigenvalue weighted by Gasteiger charge is 2.33. The molecule has 2 aliphatic rings. The first kappa shape index (κ1) is 15.5. The van der Waals surface area contributed by atoms with Crippen molar-refractivity contribution in [1.29, 1.82) is 0 Å². The minimum absolute atomic E-state index is 0.0604. The molecule has 0 radical (unpaired) electrons. The van der Waals surface area contributed by atoms with E-state index in [1.807, 2.05) is 23.1 Å². The van der Waals surface area contributed by atoms with Crippen LogP contribution in [0.3, 0.4) is 0 Å². The fourth-order valence-corrected chi connectivity index (χ4v) is 3.74. The summed E-state index contributed by atoms with van der Waals surface area (Å²) in [7, 11) is 0. The van der Waals surface area contributed by atoms with Crippen LogP contribution < -0.4 is 11.1 Å². The van der Waals surface area contributed by atoms with E-state index in [-0.39, 0.29) is 17.9 Å². The van der Waals surface area contributed by atoms with Gasteiger partial charge >= 0.3 is 0 Å². The van der Waals surface area contributed by atoms with Gasteiger partial charge in [0, 0.05) is 31.5 Å². The van der Waals surface area contributed by atoms with Gasteiger partial charge in [0.15, 0.2) is 0 Å². The molecule has 2 aliphatic heterocycles. The molecule has 3 rings (SSSR count). The molecule has 120 valence electrons. The summed E-state index contributed by atoms with van der Waals surface area (Å²) in [5, 5.41) is 3.38. The summed E-state index contributed by atoms with van der Waals surface area (Å²) < 4.78 is 0. The SMILES string of the molecule is N[C@@H]1CN(C(=O)CCC2CCNCC2)C[C@H]1c1ccccc1. The number of nitrogens with two attached hydrogens (primary N) is 1. The standard InChI is InChI=1S/C18H27N3O/c19-17-13-21(12-16(17)15-4-2-1-3-5-15)18(22)7-6-14-8-10-20-11-9-14/h1-5,14,16-17,20H,6-13,19H2/t16-,17+/m0/s1. The van der Waals surface area contributed by atoms with E-state index in [0.29, 0.717) is 18.9 Å². The molecular formula is C18H27N3O. The third-order valence-electron chi connectivity index (χ3n) is 5.17. The Balaban J connectivity index is 1.51. The Morgan fingerprint density at radius 1 is 1.18 bits per heavy atom. The maximum absolute atomic E-state index is 12.5. The van der Waals surface area contributed by atoms with Gasteiger partial charge in [-0.3, -0.25) is 4.79 Å². The number of nitrogens with zero attached hydrogens (tertiary/aromatic N) is 1. The molecule has 0 aromatic heterocycles. The molecule has 0 spiro atoms. The van der Waals surface area contributed by atoms with Crippen LogP contribution in [0.5, 0.6) is 0 Å². The molecule has 4 nitrogen and oxygen atoms in total. The summed E-state index contributed by atoms with van der Waals surface area (Å²) >= 11 is 0. The van der Waals surface area contributed by atoms with Gasteiger partial charge in [0.2, 0.25) is 5.91 Å².